The summed E-state index contributed by atoms with van der Waals surface area (Å²) in [5, 5.41) is 0.0310. The molecule has 0 aliphatic carbocycles. The van der Waals surface area contributed by atoms with Crippen LogP contribution in [0.25, 0.3) is 0 Å². The number of amides is 1. The van der Waals surface area contributed by atoms with Gasteiger partial charge in [-0.1, -0.05) is 24.3 Å². The number of hydrogen-bond donors (Lipinski definition) is 0. The van der Waals surface area contributed by atoms with Crippen LogP contribution in [0.5, 0.6) is 5.75 Å². The Labute approximate surface area is 193 Å². The largest absolute Gasteiger partial charge is 0.493 e. The molecule has 0 saturated carbocycles. The van der Waals surface area contributed by atoms with E-state index in [1.54, 1.807) is 0 Å². The molecule has 2 fully saturated rings. The standard InChI is InChI=1S/C24H28N2O4S2/c27-24(21-3-1-2-4-23(21)31-20-8-14-32(28,29)17-20)26-11-9-25(10-12-26)16-18-5-6-22-19(15-18)7-13-30-22/h1-6,15,20H,7-14,16-17H2/t20-/m0/s1. The van der Waals surface area contributed by atoms with Crippen molar-refractivity contribution in [3.05, 3.63) is 59.2 Å². The minimum Gasteiger partial charge on any atom is -0.493 e. The molecule has 0 spiro atoms. The van der Waals surface area contributed by atoms with Crippen LogP contribution in [0.2, 0.25) is 0 Å². The van der Waals surface area contributed by atoms with Gasteiger partial charge >= 0.3 is 0 Å². The molecular weight excluding hydrogens is 444 g/mol. The molecule has 6 nitrogen and oxygen atoms in total. The lowest BCUT2D eigenvalue weighted by molar-refractivity contribution is 0.0625. The Morgan fingerprint density at radius 2 is 1.91 bits per heavy atom. The van der Waals surface area contributed by atoms with Gasteiger partial charge in [0.15, 0.2) is 9.84 Å². The van der Waals surface area contributed by atoms with E-state index >= 15 is 0 Å². The SMILES string of the molecule is O=C(c1ccccc1S[C@H]1CCS(=O)(=O)C1)N1CCN(Cc2ccc3c(c2)CCO3)CC1. The van der Waals surface area contributed by atoms with Crippen LogP contribution >= 0.6 is 11.8 Å². The summed E-state index contributed by atoms with van der Waals surface area (Å²) in [5.41, 5.74) is 3.27. The number of carbonyl (C=O) groups excluding carboxylic acids is 1. The van der Waals surface area contributed by atoms with E-state index in [1.165, 1.54) is 22.9 Å². The van der Waals surface area contributed by atoms with Gasteiger partial charge in [-0.25, -0.2) is 8.42 Å². The van der Waals surface area contributed by atoms with Gasteiger partial charge in [0.2, 0.25) is 0 Å². The summed E-state index contributed by atoms with van der Waals surface area (Å²) >= 11 is 1.54. The second-order valence-electron chi connectivity index (χ2n) is 8.75. The molecule has 2 aromatic rings. The third-order valence-electron chi connectivity index (χ3n) is 6.42. The van der Waals surface area contributed by atoms with E-state index < -0.39 is 9.84 Å². The Morgan fingerprint density at radius 1 is 1.09 bits per heavy atom. The zero-order valence-electron chi connectivity index (χ0n) is 18.0. The second-order valence-corrected chi connectivity index (χ2v) is 12.3. The zero-order chi connectivity index (χ0) is 22.1. The van der Waals surface area contributed by atoms with E-state index in [4.69, 9.17) is 4.74 Å². The Hall–Kier alpha value is -2.03. The molecule has 170 valence electrons. The fourth-order valence-corrected chi connectivity index (χ4v) is 8.28. The predicted octanol–water partition coefficient (Wildman–Crippen LogP) is 2.86. The summed E-state index contributed by atoms with van der Waals surface area (Å²) in [5.74, 6) is 1.51. The molecule has 0 N–H and O–H groups in total. The lowest BCUT2D eigenvalue weighted by Crippen LogP contribution is -2.48. The second kappa shape index (κ2) is 9.08. The number of carbonyl (C=O) groups is 1. The molecule has 0 bridgehead atoms. The van der Waals surface area contributed by atoms with Crippen molar-refractivity contribution >= 4 is 27.5 Å². The first-order valence-corrected chi connectivity index (χ1v) is 13.9. The maximum atomic E-state index is 13.3. The summed E-state index contributed by atoms with van der Waals surface area (Å²) in [6.07, 6.45) is 1.64. The molecule has 1 atom stereocenters. The number of ether oxygens (including phenoxy) is 1. The Balaban J connectivity index is 1.19. The summed E-state index contributed by atoms with van der Waals surface area (Å²) in [4.78, 5) is 18.5. The van der Waals surface area contributed by atoms with E-state index in [9.17, 15) is 13.2 Å². The first kappa shape index (κ1) is 21.8. The Bertz CT molecular complexity index is 1110. The van der Waals surface area contributed by atoms with Crippen molar-refractivity contribution in [2.45, 2.75) is 29.5 Å². The van der Waals surface area contributed by atoms with Crippen LogP contribution in [0.4, 0.5) is 0 Å². The summed E-state index contributed by atoms with van der Waals surface area (Å²) in [7, 11) is -2.93. The van der Waals surface area contributed by atoms with Crippen molar-refractivity contribution in [2.75, 3.05) is 44.3 Å². The van der Waals surface area contributed by atoms with Gasteiger partial charge in [-0.15, -0.1) is 11.8 Å². The molecular formula is C24H28N2O4S2. The normalized spacial score (nSPS) is 22.5. The molecule has 3 aliphatic rings. The Kier molecular flexibility index (Phi) is 6.18. The average molecular weight is 473 g/mol. The van der Waals surface area contributed by atoms with Crippen LogP contribution in [0, 0.1) is 0 Å². The topological polar surface area (TPSA) is 66.9 Å². The van der Waals surface area contributed by atoms with Crippen LogP contribution in [0.1, 0.15) is 27.9 Å². The molecule has 2 saturated heterocycles. The van der Waals surface area contributed by atoms with Crippen molar-refractivity contribution in [3.63, 3.8) is 0 Å². The lowest BCUT2D eigenvalue weighted by atomic mass is 10.1. The van der Waals surface area contributed by atoms with Crippen molar-refractivity contribution in [3.8, 4) is 5.75 Å². The summed E-state index contributed by atoms with van der Waals surface area (Å²) in [6.45, 7) is 4.74. The number of piperazine rings is 1. The first-order valence-electron chi connectivity index (χ1n) is 11.2. The minimum absolute atomic E-state index is 0.0310. The zero-order valence-corrected chi connectivity index (χ0v) is 19.7. The maximum absolute atomic E-state index is 13.3. The van der Waals surface area contributed by atoms with Gasteiger partial charge in [0.1, 0.15) is 5.75 Å². The molecule has 5 rings (SSSR count). The maximum Gasteiger partial charge on any atom is 0.255 e. The third kappa shape index (κ3) is 4.82. The number of rotatable bonds is 5. The molecule has 0 aromatic heterocycles. The summed E-state index contributed by atoms with van der Waals surface area (Å²) < 4.78 is 29.2. The molecule has 2 aromatic carbocycles. The third-order valence-corrected chi connectivity index (χ3v) is 9.75. The Morgan fingerprint density at radius 3 is 2.69 bits per heavy atom. The van der Waals surface area contributed by atoms with Crippen molar-refractivity contribution < 1.29 is 17.9 Å². The molecule has 0 radical (unpaired) electrons. The van der Waals surface area contributed by atoms with Gasteiger partial charge in [0.25, 0.3) is 5.91 Å². The van der Waals surface area contributed by atoms with Crippen LogP contribution in [0.15, 0.2) is 47.4 Å². The van der Waals surface area contributed by atoms with Crippen molar-refractivity contribution in [2.24, 2.45) is 0 Å². The highest BCUT2D eigenvalue weighted by Gasteiger charge is 2.30. The van der Waals surface area contributed by atoms with Gasteiger partial charge in [-0.05, 0) is 35.7 Å². The van der Waals surface area contributed by atoms with E-state index in [1.807, 2.05) is 29.2 Å². The number of hydrogen-bond acceptors (Lipinski definition) is 6. The number of thioether (sulfide) groups is 1. The van der Waals surface area contributed by atoms with E-state index in [0.29, 0.717) is 25.1 Å². The molecule has 3 aliphatic heterocycles. The van der Waals surface area contributed by atoms with E-state index in [0.717, 1.165) is 43.3 Å². The van der Waals surface area contributed by atoms with Crippen molar-refractivity contribution in [1.29, 1.82) is 0 Å². The number of benzene rings is 2. The number of fused-ring (bicyclic) bond motifs is 1. The first-order chi connectivity index (χ1) is 15.5. The van der Waals surface area contributed by atoms with Gasteiger partial charge in [-0.3, -0.25) is 9.69 Å². The lowest BCUT2D eigenvalue weighted by Gasteiger charge is -2.35. The van der Waals surface area contributed by atoms with Crippen LogP contribution in [-0.2, 0) is 22.8 Å². The average Bonchev–Trinajstić information content (AvgIpc) is 3.39. The smallest absolute Gasteiger partial charge is 0.255 e. The van der Waals surface area contributed by atoms with E-state index in [-0.39, 0.29) is 22.7 Å². The highest BCUT2D eigenvalue weighted by atomic mass is 32.2. The van der Waals surface area contributed by atoms with Gasteiger partial charge < -0.3 is 9.64 Å². The van der Waals surface area contributed by atoms with Crippen molar-refractivity contribution in [1.82, 2.24) is 9.80 Å². The fraction of sp³-hybridized carbons (Fsp3) is 0.458. The monoisotopic (exact) mass is 472 g/mol. The molecule has 0 unspecified atom stereocenters. The van der Waals surface area contributed by atoms with Crippen LogP contribution < -0.4 is 4.74 Å². The minimum atomic E-state index is -2.93. The molecule has 32 heavy (non-hydrogen) atoms. The van der Waals surface area contributed by atoms with Gasteiger partial charge in [-0.2, -0.15) is 0 Å². The molecule has 1 amide bonds. The fourth-order valence-electron chi connectivity index (χ4n) is 4.66. The van der Waals surface area contributed by atoms with Crippen LogP contribution in [0.3, 0.4) is 0 Å². The highest BCUT2D eigenvalue weighted by molar-refractivity contribution is 8.02. The predicted molar refractivity (Wildman–Crippen MR) is 126 cm³/mol. The van der Waals surface area contributed by atoms with Gasteiger partial charge in [0, 0.05) is 49.3 Å². The van der Waals surface area contributed by atoms with Crippen LogP contribution in [-0.4, -0.2) is 73.7 Å². The van der Waals surface area contributed by atoms with Gasteiger partial charge in [0.05, 0.1) is 23.7 Å². The number of sulfone groups is 1. The van der Waals surface area contributed by atoms with E-state index in [2.05, 4.69) is 23.1 Å². The molecule has 3 heterocycles. The highest BCUT2D eigenvalue weighted by Crippen LogP contribution is 2.33. The summed E-state index contributed by atoms with van der Waals surface area (Å²) in [6, 6.07) is 14.1. The number of nitrogens with zero attached hydrogens (tertiary/aromatic N) is 2. The quantitative estimate of drug-likeness (QED) is 0.667. The molecule has 8 heteroatoms.